The van der Waals surface area contributed by atoms with Crippen LogP contribution < -0.4 is 14.8 Å². The Kier molecular flexibility index (Phi) is 6.30. The standard InChI is InChI=1S/C21H23NO5S2/c1-2-25-21(24)19-14-5-3-6-17(14)29-20(19)22-18(23)12-28-13-7-8-15-16(11-13)27-10-4-9-26-15/h7-8,11H,2-6,9-10,12H2,1H3,(H,22,23). The van der Waals surface area contributed by atoms with E-state index >= 15 is 0 Å². The van der Waals surface area contributed by atoms with E-state index in [1.54, 1.807) is 6.92 Å². The van der Waals surface area contributed by atoms with Gasteiger partial charge in [-0.2, -0.15) is 0 Å². The first kappa shape index (κ1) is 20.1. The molecule has 1 aromatic carbocycles. The number of amides is 1. The van der Waals surface area contributed by atoms with Crippen molar-refractivity contribution in [2.24, 2.45) is 0 Å². The molecule has 2 heterocycles. The fraction of sp³-hybridized carbons (Fsp3) is 0.429. The minimum absolute atomic E-state index is 0.146. The first-order valence-electron chi connectivity index (χ1n) is 9.79. The summed E-state index contributed by atoms with van der Waals surface area (Å²) in [7, 11) is 0. The zero-order chi connectivity index (χ0) is 20.2. The van der Waals surface area contributed by atoms with Crippen LogP contribution in [-0.2, 0) is 22.4 Å². The van der Waals surface area contributed by atoms with Crippen LogP contribution in [0.25, 0.3) is 0 Å². The van der Waals surface area contributed by atoms with Gasteiger partial charge in [-0.05, 0) is 49.9 Å². The van der Waals surface area contributed by atoms with E-state index in [-0.39, 0.29) is 17.6 Å². The van der Waals surface area contributed by atoms with Gasteiger partial charge in [0.1, 0.15) is 5.00 Å². The fourth-order valence-electron chi connectivity index (χ4n) is 3.46. The number of thioether (sulfide) groups is 1. The van der Waals surface area contributed by atoms with Crippen molar-refractivity contribution in [2.45, 2.75) is 37.5 Å². The molecule has 6 nitrogen and oxygen atoms in total. The van der Waals surface area contributed by atoms with Crippen LogP contribution in [0.15, 0.2) is 23.1 Å². The third-order valence-electron chi connectivity index (χ3n) is 4.74. The summed E-state index contributed by atoms with van der Waals surface area (Å²) in [5.41, 5.74) is 1.58. The maximum absolute atomic E-state index is 12.6. The van der Waals surface area contributed by atoms with Crippen molar-refractivity contribution in [3.05, 3.63) is 34.2 Å². The summed E-state index contributed by atoms with van der Waals surface area (Å²) >= 11 is 2.92. The summed E-state index contributed by atoms with van der Waals surface area (Å²) < 4.78 is 16.6. The molecule has 0 unspecified atom stereocenters. The van der Waals surface area contributed by atoms with Gasteiger partial charge in [-0.1, -0.05) is 0 Å². The van der Waals surface area contributed by atoms with Crippen molar-refractivity contribution in [3.8, 4) is 11.5 Å². The van der Waals surface area contributed by atoms with Gasteiger partial charge in [0.05, 0.1) is 31.1 Å². The number of aryl methyl sites for hydroxylation is 1. The molecular weight excluding hydrogens is 410 g/mol. The second kappa shape index (κ2) is 9.09. The van der Waals surface area contributed by atoms with E-state index in [9.17, 15) is 9.59 Å². The van der Waals surface area contributed by atoms with Crippen molar-refractivity contribution in [2.75, 3.05) is 30.9 Å². The van der Waals surface area contributed by atoms with E-state index in [0.29, 0.717) is 36.1 Å². The molecule has 8 heteroatoms. The number of carbonyl (C=O) groups excluding carboxylic acids is 2. The van der Waals surface area contributed by atoms with Gasteiger partial charge in [0.2, 0.25) is 5.91 Å². The predicted molar refractivity (Wildman–Crippen MR) is 114 cm³/mol. The van der Waals surface area contributed by atoms with Crippen molar-refractivity contribution >= 4 is 40.0 Å². The lowest BCUT2D eigenvalue weighted by Crippen LogP contribution is -2.16. The zero-order valence-electron chi connectivity index (χ0n) is 16.2. The van der Waals surface area contributed by atoms with Gasteiger partial charge < -0.3 is 19.5 Å². The number of hydrogen-bond acceptors (Lipinski definition) is 7. The third-order valence-corrected chi connectivity index (χ3v) is 6.94. The van der Waals surface area contributed by atoms with Crippen LogP contribution in [0, 0.1) is 0 Å². The molecule has 0 atom stereocenters. The van der Waals surface area contributed by atoms with E-state index in [1.807, 2.05) is 18.2 Å². The smallest absolute Gasteiger partial charge is 0.341 e. The summed E-state index contributed by atoms with van der Waals surface area (Å²) in [6.07, 6.45) is 3.71. The molecule has 0 saturated carbocycles. The highest BCUT2D eigenvalue weighted by Crippen LogP contribution is 2.40. The Balaban J connectivity index is 1.42. The van der Waals surface area contributed by atoms with Crippen LogP contribution in [0.2, 0.25) is 0 Å². The Morgan fingerprint density at radius 2 is 2.00 bits per heavy atom. The van der Waals surface area contributed by atoms with Gasteiger partial charge in [0.25, 0.3) is 0 Å². The van der Waals surface area contributed by atoms with Crippen LogP contribution in [0.5, 0.6) is 11.5 Å². The van der Waals surface area contributed by atoms with E-state index in [1.165, 1.54) is 28.0 Å². The minimum atomic E-state index is -0.349. The van der Waals surface area contributed by atoms with Gasteiger partial charge in [0.15, 0.2) is 11.5 Å². The summed E-state index contributed by atoms with van der Waals surface area (Å²) in [6, 6.07) is 5.71. The topological polar surface area (TPSA) is 73.9 Å². The molecule has 1 aliphatic carbocycles. The first-order valence-corrected chi connectivity index (χ1v) is 11.6. The van der Waals surface area contributed by atoms with E-state index in [2.05, 4.69) is 5.32 Å². The molecule has 0 radical (unpaired) electrons. The lowest BCUT2D eigenvalue weighted by atomic mass is 10.1. The predicted octanol–water partition coefficient (Wildman–Crippen LogP) is 4.31. The molecule has 29 heavy (non-hydrogen) atoms. The number of benzene rings is 1. The van der Waals surface area contributed by atoms with Crippen molar-refractivity contribution in [3.63, 3.8) is 0 Å². The number of carbonyl (C=O) groups is 2. The van der Waals surface area contributed by atoms with E-state index < -0.39 is 0 Å². The Labute approximate surface area is 177 Å². The largest absolute Gasteiger partial charge is 0.490 e. The highest BCUT2D eigenvalue weighted by atomic mass is 32.2. The molecule has 1 N–H and O–H groups in total. The molecule has 1 aliphatic heterocycles. The fourth-order valence-corrected chi connectivity index (χ4v) is 5.47. The number of esters is 1. The average molecular weight is 434 g/mol. The second-order valence-electron chi connectivity index (χ2n) is 6.78. The second-order valence-corrected chi connectivity index (χ2v) is 8.93. The maximum atomic E-state index is 12.6. The lowest BCUT2D eigenvalue weighted by molar-refractivity contribution is -0.113. The Morgan fingerprint density at radius 3 is 2.83 bits per heavy atom. The first-order chi connectivity index (χ1) is 14.2. The van der Waals surface area contributed by atoms with Gasteiger partial charge in [-0.15, -0.1) is 23.1 Å². The third kappa shape index (κ3) is 4.53. The number of fused-ring (bicyclic) bond motifs is 2. The average Bonchev–Trinajstić information content (AvgIpc) is 3.19. The Hall–Kier alpha value is -2.19. The van der Waals surface area contributed by atoms with E-state index in [0.717, 1.165) is 41.9 Å². The number of anilines is 1. The number of rotatable bonds is 6. The summed E-state index contributed by atoms with van der Waals surface area (Å²) in [4.78, 5) is 27.1. The Morgan fingerprint density at radius 1 is 1.17 bits per heavy atom. The molecule has 0 bridgehead atoms. The quantitative estimate of drug-likeness (QED) is 0.541. The SMILES string of the molecule is CCOC(=O)c1c(NC(=O)CSc2ccc3c(c2)OCCCO3)sc2c1CCC2. The van der Waals surface area contributed by atoms with Crippen molar-refractivity contribution in [1.82, 2.24) is 0 Å². The van der Waals surface area contributed by atoms with Gasteiger partial charge in [0, 0.05) is 16.2 Å². The molecular formula is C21H23NO5S2. The highest BCUT2D eigenvalue weighted by Gasteiger charge is 2.28. The zero-order valence-corrected chi connectivity index (χ0v) is 17.9. The molecule has 0 fully saturated rings. The minimum Gasteiger partial charge on any atom is -0.490 e. The highest BCUT2D eigenvalue weighted by molar-refractivity contribution is 8.00. The van der Waals surface area contributed by atoms with Gasteiger partial charge in [-0.3, -0.25) is 4.79 Å². The van der Waals surface area contributed by atoms with Crippen LogP contribution in [0.1, 0.15) is 40.6 Å². The van der Waals surface area contributed by atoms with Crippen molar-refractivity contribution in [1.29, 1.82) is 0 Å². The summed E-state index contributed by atoms with van der Waals surface area (Å²) in [5, 5.41) is 3.53. The number of nitrogens with one attached hydrogen (secondary N) is 1. The number of ether oxygens (including phenoxy) is 3. The molecule has 4 rings (SSSR count). The summed E-state index contributed by atoms with van der Waals surface area (Å²) in [6.45, 7) is 3.38. The van der Waals surface area contributed by atoms with E-state index in [4.69, 9.17) is 14.2 Å². The normalized spacial score (nSPS) is 14.8. The summed E-state index contributed by atoms with van der Waals surface area (Å²) in [5.74, 6) is 1.20. The number of hydrogen-bond donors (Lipinski definition) is 1. The molecule has 1 aromatic heterocycles. The van der Waals surface area contributed by atoms with Crippen LogP contribution in [-0.4, -0.2) is 37.4 Å². The van der Waals surface area contributed by atoms with Gasteiger partial charge in [-0.25, -0.2) is 4.79 Å². The monoisotopic (exact) mass is 433 g/mol. The molecule has 154 valence electrons. The van der Waals surface area contributed by atoms with Gasteiger partial charge >= 0.3 is 5.97 Å². The van der Waals surface area contributed by atoms with Crippen LogP contribution >= 0.6 is 23.1 Å². The molecule has 0 spiro atoms. The number of thiophene rings is 1. The van der Waals surface area contributed by atoms with Crippen LogP contribution in [0.4, 0.5) is 5.00 Å². The van der Waals surface area contributed by atoms with Crippen LogP contribution in [0.3, 0.4) is 0 Å². The maximum Gasteiger partial charge on any atom is 0.341 e. The lowest BCUT2D eigenvalue weighted by Gasteiger charge is -2.10. The Bertz CT molecular complexity index is 924. The van der Waals surface area contributed by atoms with Crippen molar-refractivity contribution < 1.29 is 23.8 Å². The molecule has 0 saturated heterocycles. The molecule has 2 aromatic rings. The molecule has 2 aliphatic rings. The molecule has 1 amide bonds.